The Bertz CT molecular complexity index is 241. The number of hydrogen-bond acceptors (Lipinski definition) is 4. The predicted molar refractivity (Wildman–Crippen MR) is 55.8 cm³/mol. The van der Waals surface area contributed by atoms with Crippen LogP contribution >= 0.6 is 0 Å². The van der Waals surface area contributed by atoms with E-state index in [0.717, 1.165) is 19.6 Å². The summed E-state index contributed by atoms with van der Waals surface area (Å²) in [6.07, 6.45) is -3.96. The maximum atomic E-state index is 10.5. The van der Waals surface area contributed by atoms with Crippen molar-refractivity contribution in [3.05, 3.63) is 0 Å². The van der Waals surface area contributed by atoms with Crippen LogP contribution < -0.4 is 15.3 Å². The Morgan fingerprint density at radius 3 is 2.44 bits per heavy atom. The molecule has 0 amide bonds. The molecule has 1 rings (SSSR count). The third-order valence-electron chi connectivity index (χ3n) is 2.68. The Morgan fingerprint density at radius 1 is 1.44 bits per heavy atom. The van der Waals surface area contributed by atoms with Crippen LogP contribution in [0.4, 0.5) is 13.2 Å². The van der Waals surface area contributed by atoms with Crippen LogP contribution in [-0.4, -0.2) is 56.1 Å². The molecule has 8 heteroatoms. The number of quaternary nitrogens is 1. The lowest BCUT2D eigenvalue weighted by atomic mass is 10.3. The minimum Gasteiger partial charge on any atom is -0.542 e. The van der Waals surface area contributed by atoms with Crippen molar-refractivity contribution in [3.63, 3.8) is 0 Å². The molecule has 1 heterocycles. The number of rotatable bonds is 2. The molecule has 18 heavy (non-hydrogen) atoms. The first-order valence-electron chi connectivity index (χ1n) is 5.73. The first kappa shape index (κ1) is 17.1. The molecule has 1 saturated heterocycles. The second-order valence-electron chi connectivity index (χ2n) is 4.13. The van der Waals surface area contributed by atoms with E-state index in [1.165, 1.54) is 17.9 Å². The smallest absolute Gasteiger partial charge is 0.430 e. The summed E-state index contributed by atoms with van der Waals surface area (Å²) in [5.74, 6) is -3.01. The topological polar surface area (TPSA) is 76.8 Å². The van der Waals surface area contributed by atoms with Gasteiger partial charge in [0.05, 0.1) is 19.7 Å². The predicted octanol–water partition coefficient (Wildman–Crippen LogP) is -2.46. The zero-order valence-corrected chi connectivity index (χ0v) is 10.2. The van der Waals surface area contributed by atoms with Gasteiger partial charge in [0.25, 0.3) is 0 Å². The van der Waals surface area contributed by atoms with Gasteiger partial charge in [0.15, 0.2) is 0 Å². The number of hydrogen-bond donors (Lipinski definition) is 3. The summed E-state index contributed by atoms with van der Waals surface area (Å²) < 4.78 is 31.5. The van der Waals surface area contributed by atoms with Crippen molar-refractivity contribution < 1.29 is 33.1 Å². The highest BCUT2D eigenvalue weighted by Crippen LogP contribution is 2.11. The zero-order valence-electron chi connectivity index (χ0n) is 10.2. The maximum Gasteiger partial charge on any atom is 0.430 e. The molecular weight excluding hydrogens is 253 g/mol. The van der Waals surface area contributed by atoms with Crippen LogP contribution in [0.2, 0.25) is 0 Å². The second kappa shape index (κ2) is 8.28. The van der Waals surface area contributed by atoms with Gasteiger partial charge >= 0.3 is 6.18 Å². The number of halogens is 3. The van der Waals surface area contributed by atoms with Gasteiger partial charge in [-0.1, -0.05) is 0 Å². The van der Waals surface area contributed by atoms with E-state index in [1.54, 1.807) is 0 Å². The first-order chi connectivity index (χ1) is 8.29. The van der Waals surface area contributed by atoms with E-state index >= 15 is 0 Å². The highest BCUT2D eigenvalue weighted by atomic mass is 19.4. The van der Waals surface area contributed by atoms with E-state index in [-0.39, 0.29) is 0 Å². The number of alkyl halides is 3. The van der Waals surface area contributed by atoms with Gasteiger partial charge in [-0.25, -0.2) is 0 Å². The largest absolute Gasteiger partial charge is 0.542 e. The molecule has 5 nitrogen and oxygen atoms in total. The lowest BCUT2D eigenvalue weighted by Crippen LogP contribution is -3.16. The molecule has 0 saturated carbocycles. The lowest BCUT2D eigenvalue weighted by molar-refractivity contribution is -0.921. The molecule has 3 N–H and O–H groups in total. The summed E-state index contributed by atoms with van der Waals surface area (Å²) in [5.41, 5.74) is 0. The zero-order chi connectivity index (χ0) is 14.2. The van der Waals surface area contributed by atoms with Crippen molar-refractivity contribution in [2.45, 2.75) is 25.6 Å². The van der Waals surface area contributed by atoms with E-state index < -0.39 is 12.1 Å². The molecular formula is C10H19F3N2O3. The summed E-state index contributed by atoms with van der Waals surface area (Å²) in [6.45, 7) is 7.02. The van der Waals surface area contributed by atoms with Gasteiger partial charge in [0.2, 0.25) is 0 Å². The molecule has 1 aliphatic heterocycles. The quantitative estimate of drug-likeness (QED) is 0.521. The number of carbonyl (C=O) groups excluding carboxylic acids is 1. The fourth-order valence-electron chi connectivity index (χ4n) is 1.56. The normalized spacial score (nSPS) is 22.4. The van der Waals surface area contributed by atoms with E-state index in [0.29, 0.717) is 12.6 Å². The number of aliphatic hydroxyl groups is 1. The molecule has 0 aromatic rings. The van der Waals surface area contributed by atoms with Gasteiger partial charge in [0, 0.05) is 19.5 Å². The van der Waals surface area contributed by atoms with Crippen molar-refractivity contribution in [2.75, 3.05) is 32.8 Å². The molecule has 2 unspecified atom stereocenters. The molecule has 108 valence electrons. The number of carboxylic acids is 1. The number of carboxylic acid groups (broad SMARTS) is 1. The van der Waals surface area contributed by atoms with Gasteiger partial charge in [-0.05, 0) is 6.92 Å². The average Bonchev–Trinajstić information content (AvgIpc) is 2.56. The highest BCUT2D eigenvalue weighted by molar-refractivity contribution is 5.70. The van der Waals surface area contributed by atoms with Crippen LogP contribution in [0.15, 0.2) is 0 Å². The average molecular weight is 272 g/mol. The van der Waals surface area contributed by atoms with Gasteiger partial charge in [0.1, 0.15) is 12.0 Å². The minimum absolute atomic E-state index is 0.315. The van der Waals surface area contributed by atoms with Gasteiger partial charge in [-0.2, -0.15) is 13.2 Å². The summed E-state index contributed by atoms with van der Waals surface area (Å²) in [7, 11) is 0. The van der Waals surface area contributed by atoms with Crippen LogP contribution in [0.5, 0.6) is 0 Å². The van der Waals surface area contributed by atoms with Crippen LogP contribution in [0, 0.1) is 0 Å². The van der Waals surface area contributed by atoms with Crippen molar-refractivity contribution in [3.8, 4) is 0 Å². The SMILES string of the molecule is CC(CO)[NH+]1CCCNCC1.O=C([O-])C(F)(F)F. The monoisotopic (exact) mass is 272 g/mol. The minimum atomic E-state index is -5.19. The first-order valence-corrected chi connectivity index (χ1v) is 5.73. The third-order valence-corrected chi connectivity index (χ3v) is 2.68. The van der Waals surface area contributed by atoms with Gasteiger partial charge in [-0.3, -0.25) is 0 Å². The van der Waals surface area contributed by atoms with E-state index in [9.17, 15) is 13.2 Å². The Kier molecular flexibility index (Phi) is 7.88. The Labute approximate surface area is 104 Å². The molecule has 2 atom stereocenters. The number of aliphatic carboxylic acids is 1. The van der Waals surface area contributed by atoms with Crippen molar-refractivity contribution in [1.82, 2.24) is 5.32 Å². The lowest BCUT2D eigenvalue weighted by Gasteiger charge is -2.22. The maximum absolute atomic E-state index is 10.5. The van der Waals surface area contributed by atoms with Gasteiger partial charge in [-0.15, -0.1) is 0 Å². The summed E-state index contributed by atoms with van der Waals surface area (Å²) in [4.78, 5) is 10.3. The molecule has 0 radical (unpaired) electrons. The Balaban J connectivity index is 0.000000360. The molecule has 0 aliphatic carbocycles. The Hall–Kier alpha value is -0.860. The number of carbonyl (C=O) groups is 1. The van der Waals surface area contributed by atoms with E-state index in [1.807, 2.05) is 0 Å². The summed E-state index contributed by atoms with van der Waals surface area (Å²) in [6, 6.07) is 0.412. The molecule has 1 fully saturated rings. The molecule has 0 bridgehead atoms. The third kappa shape index (κ3) is 7.46. The fourth-order valence-corrected chi connectivity index (χ4v) is 1.56. The molecule has 0 aromatic heterocycles. The van der Waals surface area contributed by atoms with Crippen LogP contribution in [0.25, 0.3) is 0 Å². The molecule has 0 aromatic carbocycles. The van der Waals surface area contributed by atoms with Gasteiger partial charge < -0.3 is 25.2 Å². The molecule has 0 spiro atoms. The van der Waals surface area contributed by atoms with Crippen LogP contribution in [0.1, 0.15) is 13.3 Å². The van der Waals surface area contributed by atoms with Crippen molar-refractivity contribution in [2.24, 2.45) is 0 Å². The summed E-state index contributed by atoms with van der Waals surface area (Å²) in [5, 5.41) is 21.1. The number of aliphatic hydroxyl groups excluding tert-OH is 1. The molecule has 1 aliphatic rings. The second-order valence-corrected chi connectivity index (χ2v) is 4.13. The van der Waals surface area contributed by atoms with E-state index in [2.05, 4.69) is 12.2 Å². The summed E-state index contributed by atoms with van der Waals surface area (Å²) >= 11 is 0. The van der Waals surface area contributed by atoms with Crippen LogP contribution in [-0.2, 0) is 4.79 Å². The van der Waals surface area contributed by atoms with E-state index in [4.69, 9.17) is 15.0 Å². The van der Waals surface area contributed by atoms with Crippen molar-refractivity contribution in [1.29, 1.82) is 0 Å². The number of nitrogens with one attached hydrogen (secondary N) is 2. The van der Waals surface area contributed by atoms with Crippen LogP contribution in [0.3, 0.4) is 0 Å². The standard InChI is InChI=1S/C8H18N2O.C2HF3O2/c1-8(7-11)10-5-2-3-9-4-6-10;3-2(4,5)1(6)7/h8-9,11H,2-7H2,1H3;(H,6,7). The Morgan fingerprint density at radius 2 is 2.00 bits per heavy atom. The van der Waals surface area contributed by atoms with Crippen molar-refractivity contribution >= 4 is 5.97 Å². The highest BCUT2D eigenvalue weighted by Gasteiger charge is 2.28. The fraction of sp³-hybridized carbons (Fsp3) is 0.900.